The first-order chi connectivity index (χ1) is 5.60. The molecule has 0 aliphatic carbocycles. The quantitative estimate of drug-likeness (QED) is 0.676. The highest BCUT2D eigenvalue weighted by molar-refractivity contribution is 5.76. The van der Waals surface area contributed by atoms with E-state index in [1.807, 2.05) is 6.92 Å². The van der Waals surface area contributed by atoms with Gasteiger partial charge in [0.15, 0.2) is 0 Å². The fourth-order valence-electron chi connectivity index (χ4n) is 0.897. The topological polar surface area (TPSA) is 29.1 Å². The van der Waals surface area contributed by atoms with Crippen LogP contribution in [0.3, 0.4) is 0 Å². The normalized spacial score (nSPS) is 15.3. The third kappa shape index (κ3) is 5.16. The van der Waals surface area contributed by atoms with Crippen molar-refractivity contribution in [1.29, 1.82) is 0 Å². The van der Waals surface area contributed by atoms with E-state index in [4.69, 9.17) is 0 Å². The molecule has 0 rings (SSSR count). The van der Waals surface area contributed by atoms with E-state index in [1.165, 1.54) is 0 Å². The summed E-state index contributed by atoms with van der Waals surface area (Å²) in [7, 11) is 0. The summed E-state index contributed by atoms with van der Waals surface area (Å²) in [5, 5.41) is 2.96. The van der Waals surface area contributed by atoms with Gasteiger partial charge in [0, 0.05) is 12.5 Å². The van der Waals surface area contributed by atoms with Crippen LogP contribution in [0.5, 0.6) is 0 Å². The van der Waals surface area contributed by atoms with Crippen molar-refractivity contribution in [3.05, 3.63) is 0 Å². The lowest BCUT2D eigenvalue weighted by Gasteiger charge is -2.13. The molecule has 2 heteroatoms. The Bertz CT molecular complexity index is 120. The molecule has 0 spiro atoms. The maximum absolute atomic E-state index is 11.3. The van der Waals surface area contributed by atoms with Crippen LogP contribution in [-0.4, -0.2) is 11.9 Å². The van der Waals surface area contributed by atoms with Crippen LogP contribution in [0.25, 0.3) is 0 Å². The van der Waals surface area contributed by atoms with E-state index in [1.54, 1.807) is 0 Å². The molecule has 0 radical (unpaired) electrons. The summed E-state index contributed by atoms with van der Waals surface area (Å²) in [5.41, 5.74) is 0. The lowest BCUT2D eigenvalue weighted by Crippen LogP contribution is -2.32. The molecule has 0 aliphatic rings. The van der Waals surface area contributed by atoms with Crippen molar-refractivity contribution in [2.75, 3.05) is 0 Å². The Morgan fingerprint density at radius 2 is 1.83 bits per heavy atom. The standard InChI is InChI=1S/C10H21NO/c1-5-8(3)7-10(12)11-9(4)6-2/h8-9H,5-7H2,1-4H3,(H,11,12). The van der Waals surface area contributed by atoms with Gasteiger partial charge in [-0.05, 0) is 19.3 Å². The number of carbonyl (C=O) groups excluding carboxylic acids is 1. The molecule has 0 aromatic rings. The van der Waals surface area contributed by atoms with Gasteiger partial charge in [-0.3, -0.25) is 4.79 Å². The van der Waals surface area contributed by atoms with Gasteiger partial charge < -0.3 is 5.32 Å². The molecular weight excluding hydrogens is 150 g/mol. The van der Waals surface area contributed by atoms with Crippen LogP contribution < -0.4 is 5.32 Å². The number of amides is 1. The Kier molecular flexibility index (Phi) is 5.77. The monoisotopic (exact) mass is 171 g/mol. The van der Waals surface area contributed by atoms with Crippen molar-refractivity contribution < 1.29 is 4.79 Å². The largest absolute Gasteiger partial charge is 0.354 e. The Morgan fingerprint density at radius 1 is 1.25 bits per heavy atom. The molecule has 0 fully saturated rings. The van der Waals surface area contributed by atoms with E-state index in [0.29, 0.717) is 18.4 Å². The Balaban J connectivity index is 3.59. The minimum absolute atomic E-state index is 0.193. The summed E-state index contributed by atoms with van der Waals surface area (Å²) < 4.78 is 0. The van der Waals surface area contributed by atoms with Crippen LogP contribution in [0.1, 0.15) is 47.0 Å². The maximum Gasteiger partial charge on any atom is 0.220 e. The van der Waals surface area contributed by atoms with Crippen molar-refractivity contribution in [2.45, 2.75) is 53.0 Å². The second kappa shape index (κ2) is 6.04. The fourth-order valence-corrected chi connectivity index (χ4v) is 0.897. The molecule has 0 saturated carbocycles. The Morgan fingerprint density at radius 3 is 2.25 bits per heavy atom. The second-order valence-corrected chi connectivity index (χ2v) is 3.59. The van der Waals surface area contributed by atoms with Gasteiger partial charge in [-0.25, -0.2) is 0 Å². The zero-order valence-electron chi connectivity index (χ0n) is 8.68. The zero-order valence-corrected chi connectivity index (χ0v) is 8.68. The molecule has 72 valence electrons. The first-order valence-corrected chi connectivity index (χ1v) is 4.89. The van der Waals surface area contributed by atoms with Crippen LogP contribution in [0.15, 0.2) is 0 Å². The van der Waals surface area contributed by atoms with Crippen molar-refractivity contribution in [3.63, 3.8) is 0 Å². The van der Waals surface area contributed by atoms with Crippen LogP contribution in [0.4, 0.5) is 0 Å². The second-order valence-electron chi connectivity index (χ2n) is 3.59. The van der Waals surface area contributed by atoms with Crippen molar-refractivity contribution >= 4 is 5.91 Å². The van der Waals surface area contributed by atoms with Gasteiger partial charge in [-0.2, -0.15) is 0 Å². The van der Waals surface area contributed by atoms with Gasteiger partial charge in [0.2, 0.25) is 5.91 Å². The lowest BCUT2D eigenvalue weighted by molar-refractivity contribution is -0.122. The van der Waals surface area contributed by atoms with Gasteiger partial charge in [-0.1, -0.05) is 27.2 Å². The van der Waals surface area contributed by atoms with Crippen LogP contribution in [0.2, 0.25) is 0 Å². The third-order valence-electron chi connectivity index (χ3n) is 2.25. The zero-order chi connectivity index (χ0) is 9.56. The summed E-state index contributed by atoms with van der Waals surface area (Å²) in [6.45, 7) is 8.33. The van der Waals surface area contributed by atoms with Crippen LogP contribution in [0, 0.1) is 5.92 Å². The highest BCUT2D eigenvalue weighted by atomic mass is 16.1. The number of nitrogens with one attached hydrogen (secondary N) is 1. The molecule has 0 heterocycles. The van der Waals surface area contributed by atoms with Crippen molar-refractivity contribution in [2.24, 2.45) is 5.92 Å². The van der Waals surface area contributed by atoms with E-state index in [-0.39, 0.29) is 5.91 Å². The van der Waals surface area contributed by atoms with Gasteiger partial charge in [-0.15, -0.1) is 0 Å². The van der Waals surface area contributed by atoms with E-state index in [0.717, 1.165) is 12.8 Å². The molecule has 1 N–H and O–H groups in total. The molecular formula is C10H21NO. The number of rotatable bonds is 5. The van der Waals surface area contributed by atoms with E-state index >= 15 is 0 Å². The first kappa shape index (κ1) is 11.5. The average molecular weight is 171 g/mol. The molecule has 2 unspecified atom stereocenters. The molecule has 2 atom stereocenters. The average Bonchev–Trinajstić information content (AvgIpc) is 2.03. The SMILES string of the molecule is CCC(C)CC(=O)NC(C)CC. The molecule has 0 saturated heterocycles. The van der Waals surface area contributed by atoms with Gasteiger partial charge in [0.25, 0.3) is 0 Å². The molecule has 0 bridgehead atoms. The van der Waals surface area contributed by atoms with Gasteiger partial charge in [0.1, 0.15) is 0 Å². The number of hydrogen-bond acceptors (Lipinski definition) is 1. The smallest absolute Gasteiger partial charge is 0.220 e. The number of hydrogen-bond donors (Lipinski definition) is 1. The summed E-state index contributed by atoms with van der Waals surface area (Å²) in [4.78, 5) is 11.3. The number of carbonyl (C=O) groups is 1. The van der Waals surface area contributed by atoms with Crippen molar-refractivity contribution in [3.8, 4) is 0 Å². The highest BCUT2D eigenvalue weighted by Gasteiger charge is 2.08. The summed E-state index contributed by atoms with van der Waals surface area (Å²) in [5.74, 6) is 0.702. The highest BCUT2D eigenvalue weighted by Crippen LogP contribution is 2.05. The van der Waals surface area contributed by atoms with Crippen molar-refractivity contribution in [1.82, 2.24) is 5.32 Å². The molecule has 2 nitrogen and oxygen atoms in total. The van der Waals surface area contributed by atoms with Crippen LogP contribution >= 0.6 is 0 Å². The summed E-state index contributed by atoms with van der Waals surface area (Å²) in [6, 6.07) is 0.321. The minimum atomic E-state index is 0.193. The van der Waals surface area contributed by atoms with Gasteiger partial charge in [0.05, 0.1) is 0 Å². The summed E-state index contributed by atoms with van der Waals surface area (Å²) >= 11 is 0. The predicted octanol–water partition coefficient (Wildman–Crippen LogP) is 2.34. The summed E-state index contributed by atoms with van der Waals surface area (Å²) in [6.07, 6.45) is 2.75. The third-order valence-corrected chi connectivity index (χ3v) is 2.25. The molecule has 0 aliphatic heterocycles. The lowest BCUT2D eigenvalue weighted by atomic mass is 10.0. The maximum atomic E-state index is 11.3. The molecule has 0 aromatic carbocycles. The van der Waals surface area contributed by atoms with E-state index in [2.05, 4.69) is 26.1 Å². The Labute approximate surface area is 75.7 Å². The molecule has 1 amide bonds. The molecule has 0 aromatic heterocycles. The van der Waals surface area contributed by atoms with Crippen LogP contribution in [-0.2, 0) is 4.79 Å². The van der Waals surface area contributed by atoms with Gasteiger partial charge >= 0.3 is 0 Å². The fraction of sp³-hybridized carbons (Fsp3) is 0.900. The molecule has 12 heavy (non-hydrogen) atoms. The van der Waals surface area contributed by atoms with E-state index < -0.39 is 0 Å². The van der Waals surface area contributed by atoms with E-state index in [9.17, 15) is 4.79 Å². The minimum Gasteiger partial charge on any atom is -0.354 e. The predicted molar refractivity (Wildman–Crippen MR) is 52.0 cm³/mol. The Hall–Kier alpha value is -0.530. The first-order valence-electron chi connectivity index (χ1n) is 4.89.